The van der Waals surface area contributed by atoms with E-state index in [2.05, 4.69) is 15.3 Å². The monoisotopic (exact) mass is 400 g/mol. The molecule has 0 aliphatic rings. The van der Waals surface area contributed by atoms with Crippen LogP contribution in [0.3, 0.4) is 0 Å². The number of anilines is 1. The van der Waals surface area contributed by atoms with Crippen LogP contribution in [0.2, 0.25) is 5.15 Å². The molecule has 4 rings (SSSR count). The SMILES string of the molecule is O=C(Nc1ccc(Cl)nc1)c1ccn(S(=O)(=O)c2ccc3[nH]ccc3c2)c1. The number of H-pyrrole nitrogens is 1. The fraction of sp³-hybridized carbons (Fsp3) is 0. The molecule has 0 bridgehead atoms. The highest BCUT2D eigenvalue weighted by atomic mass is 35.5. The van der Waals surface area contributed by atoms with Gasteiger partial charge in [-0.3, -0.25) is 4.79 Å². The van der Waals surface area contributed by atoms with Crippen LogP contribution < -0.4 is 5.32 Å². The number of carbonyl (C=O) groups is 1. The number of nitrogens with zero attached hydrogens (tertiary/aromatic N) is 2. The average Bonchev–Trinajstić information content (AvgIpc) is 3.32. The van der Waals surface area contributed by atoms with Crippen molar-refractivity contribution in [2.75, 3.05) is 5.32 Å². The highest BCUT2D eigenvalue weighted by molar-refractivity contribution is 7.90. The maximum atomic E-state index is 12.8. The first-order valence-electron chi connectivity index (χ1n) is 7.87. The van der Waals surface area contributed by atoms with Gasteiger partial charge in [0.15, 0.2) is 0 Å². The van der Waals surface area contributed by atoms with Crippen molar-refractivity contribution in [1.29, 1.82) is 0 Å². The fourth-order valence-electron chi connectivity index (χ4n) is 2.63. The van der Waals surface area contributed by atoms with Crippen LogP contribution in [0.15, 0.2) is 72.1 Å². The van der Waals surface area contributed by atoms with E-state index in [1.165, 1.54) is 30.7 Å². The van der Waals surface area contributed by atoms with E-state index in [1.807, 2.05) is 0 Å². The Balaban J connectivity index is 1.60. The zero-order valence-corrected chi connectivity index (χ0v) is 15.3. The molecule has 7 nitrogen and oxygen atoms in total. The molecule has 1 aromatic carbocycles. The minimum absolute atomic E-state index is 0.138. The lowest BCUT2D eigenvalue weighted by molar-refractivity contribution is 0.102. The van der Waals surface area contributed by atoms with Gasteiger partial charge >= 0.3 is 0 Å². The van der Waals surface area contributed by atoms with E-state index in [0.29, 0.717) is 10.8 Å². The molecule has 0 unspecified atom stereocenters. The Labute approximate surface area is 159 Å². The molecule has 27 heavy (non-hydrogen) atoms. The van der Waals surface area contributed by atoms with Crippen molar-refractivity contribution in [2.24, 2.45) is 0 Å². The van der Waals surface area contributed by atoms with Gasteiger partial charge in [0.05, 0.1) is 22.3 Å². The minimum Gasteiger partial charge on any atom is -0.361 e. The molecule has 3 heterocycles. The smallest absolute Gasteiger partial charge is 0.267 e. The van der Waals surface area contributed by atoms with Crippen molar-refractivity contribution in [3.63, 3.8) is 0 Å². The number of aromatic nitrogens is 3. The molecule has 0 saturated heterocycles. The van der Waals surface area contributed by atoms with Gasteiger partial charge in [-0.05, 0) is 42.5 Å². The predicted octanol–water partition coefficient (Wildman–Crippen LogP) is 3.51. The molecule has 0 fully saturated rings. The molecule has 0 saturated carbocycles. The topological polar surface area (TPSA) is 96.8 Å². The van der Waals surface area contributed by atoms with Crippen LogP contribution in [0, 0.1) is 0 Å². The minimum atomic E-state index is -3.81. The van der Waals surface area contributed by atoms with Gasteiger partial charge in [-0.25, -0.2) is 17.4 Å². The normalized spacial score (nSPS) is 11.6. The molecule has 9 heteroatoms. The number of aromatic amines is 1. The molecule has 0 spiro atoms. The van der Waals surface area contributed by atoms with Crippen molar-refractivity contribution in [2.45, 2.75) is 4.90 Å². The van der Waals surface area contributed by atoms with Crippen LogP contribution in [-0.4, -0.2) is 28.3 Å². The third-order valence-electron chi connectivity index (χ3n) is 4.01. The first-order chi connectivity index (χ1) is 12.9. The standard InChI is InChI=1S/C18H13ClN4O3S/c19-17-4-1-14(10-21-17)22-18(24)13-6-8-23(11-13)27(25,26)15-2-3-16-12(9-15)5-7-20-16/h1-11,20H,(H,22,24). The Hall–Kier alpha value is -3.10. The highest BCUT2D eigenvalue weighted by Crippen LogP contribution is 2.21. The Kier molecular flexibility index (Phi) is 4.21. The highest BCUT2D eigenvalue weighted by Gasteiger charge is 2.19. The molecule has 3 aromatic heterocycles. The molecule has 0 radical (unpaired) electrons. The summed E-state index contributed by atoms with van der Waals surface area (Å²) in [4.78, 5) is 19.4. The Morgan fingerprint density at radius 2 is 2.00 bits per heavy atom. The lowest BCUT2D eigenvalue weighted by atomic mass is 10.2. The van der Waals surface area contributed by atoms with Crippen LogP contribution in [0.1, 0.15) is 10.4 Å². The van der Waals surface area contributed by atoms with Gasteiger partial charge in [0, 0.05) is 29.5 Å². The van der Waals surface area contributed by atoms with Crippen molar-refractivity contribution >= 4 is 44.1 Å². The third-order valence-corrected chi connectivity index (χ3v) is 5.87. The van der Waals surface area contributed by atoms with E-state index >= 15 is 0 Å². The second-order valence-electron chi connectivity index (χ2n) is 5.79. The largest absolute Gasteiger partial charge is 0.361 e. The zero-order chi connectivity index (χ0) is 19.0. The van der Waals surface area contributed by atoms with Crippen molar-refractivity contribution in [3.05, 3.63) is 78.0 Å². The Bertz CT molecular complexity index is 1240. The van der Waals surface area contributed by atoms with E-state index in [9.17, 15) is 13.2 Å². The number of hydrogen-bond donors (Lipinski definition) is 2. The summed E-state index contributed by atoms with van der Waals surface area (Å²) in [6.45, 7) is 0. The van der Waals surface area contributed by atoms with Gasteiger partial charge < -0.3 is 10.3 Å². The molecule has 4 aromatic rings. The summed E-state index contributed by atoms with van der Waals surface area (Å²) >= 11 is 5.71. The van der Waals surface area contributed by atoms with Crippen LogP contribution in [0.5, 0.6) is 0 Å². The van der Waals surface area contributed by atoms with Gasteiger partial charge in [0.1, 0.15) is 5.15 Å². The molecule has 1 amide bonds. The quantitative estimate of drug-likeness (QED) is 0.512. The van der Waals surface area contributed by atoms with Gasteiger partial charge in [-0.1, -0.05) is 11.6 Å². The summed E-state index contributed by atoms with van der Waals surface area (Å²) in [5.74, 6) is -0.450. The number of benzene rings is 1. The first kappa shape index (κ1) is 17.3. The number of amides is 1. The predicted molar refractivity (Wildman–Crippen MR) is 103 cm³/mol. The second kappa shape index (κ2) is 6.57. The van der Waals surface area contributed by atoms with Gasteiger partial charge in [0.25, 0.3) is 15.9 Å². The van der Waals surface area contributed by atoms with E-state index in [4.69, 9.17) is 11.6 Å². The van der Waals surface area contributed by atoms with Gasteiger partial charge in [0.2, 0.25) is 0 Å². The van der Waals surface area contributed by atoms with Crippen molar-refractivity contribution in [3.8, 4) is 0 Å². The summed E-state index contributed by atoms with van der Waals surface area (Å²) < 4.78 is 26.7. The number of nitrogens with one attached hydrogen (secondary N) is 2. The lowest BCUT2D eigenvalue weighted by Crippen LogP contribution is -2.13. The van der Waals surface area contributed by atoms with Crippen LogP contribution in [0.25, 0.3) is 10.9 Å². The van der Waals surface area contributed by atoms with Gasteiger partial charge in [-0.15, -0.1) is 0 Å². The summed E-state index contributed by atoms with van der Waals surface area (Å²) in [6.07, 6.45) is 5.77. The summed E-state index contributed by atoms with van der Waals surface area (Å²) in [5.41, 5.74) is 1.51. The van der Waals surface area contributed by atoms with Crippen LogP contribution >= 0.6 is 11.6 Å². The zero-order valence-electron chi connectivity index (χ0n) is 13.8. The number of halogens is 1. The Morgan fingerprint density at radius 3 is 2.78 bits per heavy atom. The molecule has 0 atom stereocenters. The number of hydrogen-bond acceptors (Lipinski definition) is 4. The summed E-state index contributed by atoms with van der Waals surface area (Å²) in [6, 6.07) is 11.2. The molecular weight excluding hydrogens is 388 g/mol. The van der Waals surface area contributed by atoms with E-state index in [0.717, 1.165) is 14.9 Å². The number of rotatable bonds is 4. The first-order valence-corrected chi connectivity index (χ1v) is 9.69. The number of carbonyl (C=O) groups excluding carboxylic acids is 1. The fourth-order valence-corrected chi connectivity index (χ4v) is 3.97. The number of pyridine rings is 1. The summed E-state index contributed by atoms with van der Waals surface area (Å²) in [7, 11) is -3.81. The van der Waals surface area contributed by atoms with Gasteiger partial charge in [-0.2, -0.15) is 0 Å². The molecule has 0 aliphatic heterocycles. The lowest BCUT2D eigenvalue weighted by Gasteiger charge is -2.06. The van der Waals surface area contributed by atoms with E-state index in [-0.39, 0.29) is 10.5 Å². The third kappa shape index (κ3) is 3.32. The average molecular weight is 401 g/mol. The Morgan fingerprint density at radius 1 is 1.15 bits per heavy atom. The maximum Gasteiger partial charge on any atom is 0.267 e. The molecular formula is C18H13ClN4O3S. The molecule has 2 N–H and O–H groups in total. The van der Waals surface area contributed by atoms with E-state index < -0.39 is 15.9 Å². The maximum absolute atomic E-state index is 12.8. The number of fused-ring (bicyclic) bond motifs is 1. The molecule has 136 valence electrons. The molecule has 0 aliphatic carbocycles. The van der Waals surface area contributed by atoms with Crippen molar-refractivity contribution < 1.29 is 13.2 Å². The van der Waals surface area contributed by atoms with Crippen molar-refractivity contribution in [1.82, 2.24) is 13.9 Å². The van der Waals surface area contributed by atoms with E-state index in [1.54, 1.807) is 36.5 Å². The second-order valence-corrected chi connectivity index (χ2v) is 8.02. The van der Waals surface area contributed by atoms with Crippen LogP contribution in [0.4, 0.5) is 5.69 Å². The summed E-state index contributed by atoms with van der Waals surface area (Å²) in [5, 5.41) is 3.74. The van der Waals surface area contributed by atoms with Crippen LogP contribution in [-0.2, 0) is 10.0 Å².